The minimum atomic E-state index is -4.55. The highest BCUT2D eigenvalue weighted by atomic mass is 32.2. The van der Waals surface area contributed by atoms with Crippen LogP contribution in [-0.4, -0.2) is 23.7 Å². The van der Waals surface area contributed by atoms with Gasteiger partial charge in [-0.15, -0.1) is 0 Å². The summed E-state index contributed by atoms with van der Waals surface area (Å²) in [6.07, 6.45) is 3.49. The summed E-state index contributed by atoms with van der Waals surface area (Å²) in [6, 6.07) is 24.0. The van der Waals surface area contributed by atoms with Gasteiger partial charge in [0.15, 0.2) is 0 Å². The van der Waals surface area contributed by atoms with Crippen LogP contribution in [0.15, 0.2) is 96.0 Å². The van der Waals surface area contributed by atoms with Gasteiger partial charge in [-0.3, -0.25) is 4.98 Å². The van der Waals surface area contributed by atoms with Gasteiger partial charge in [-0.05, 0) is 77.9 Å². The first-order valence-electron chi connectivity index (χ1n) is 14.6. The Bertz CT molecular complexity index is 1580. The number of aromatic nitrogens is 1. The summed E-state index contributed by atoms with van der Waals surface area (Å²) in [5.74, 6) is 0. The molecule has 3 aromatic carbocycles. The predicted octanol–water partition coefficient (Wildman–Crippen LogP) is 7.89. The molecule has 0 radical (unpaired) electrons. The number of hydrogen-bond donors (Lipinski definition) is 1. The van der Waals surface area contributed by atoms with E-state index >= 15 is 0 Å². The van der Waals surface area contributed by atoms with E-state index in [0.29, 0.717) is 11.6 Å². The first-order valence-corrected chi connectivity index (χ1v) is 16.0. The van der Waals surface area contributed by atoms with Crippen molar-refractivity contribution in [3.63, 3.8) is 0 Å². The van der Waals surface area contributed by atoms with E-state index in [9.17, 15) is 21.6 Å². The van der Waals surface area contributed by atoms with Crippen LogP contribution >= 0.6 is 0 Å². The number of pyridine rings is 1. The molecule has 0 spiro atoms. The van der Waals surface area contributed by atoms with Gasteiger partial charge < -0.3 is 5.32 Å². The number of rotatable bonds is 10. The van der Waals surface area contributed by atoms with E-state index in [2.05, 4.69) is 34.6 Å². The van der Waals surface area contributed by atoms with E-state index in [1.807, 2.05) is 31.2 Å². The van der Waals surface area contributed by atoms with Crippen LogP contribution in [0.1, 0.15) is 60.1 Å². The number of aryl methyl sites for hydroxylation is 1. The van der Waals surface area contributed by atoms with Crippen LogP contribution in [0.4, 0.5) is 13.2 Å². The second-order valence-corrected chi connectivity index (χ2v) is 13.2. The molecule has 43 heavy (non-hydrogen) atoms. The van der Waals surface area contributed by atoms with Crippen LogP contribution in [0.2, 0.25) is 0 Å². The lowest BCUT2D eigenvalue weighted by Gasteiger charge is -2.23. The summed E-state index contributed by atoms with van der Waals surface area (Å²) in [4.78, 5) is 4.07. The number of hydrogen-bond acceptors (Lipinski definition) is 4. The summed E-state index contributed by atoms with van der Waals surface area (Å²) in [5, 5.41) is 3.67. The quantitative estimate of drug-likeness (QED) is 0.199. The lowest BCUT2D eigenvalue weighted by atomic mass is 9.95. The number of alkyl halides is 3. The van der Waals surface area contributed by atoms with Gasteiger partial charge in [0.25, 0.3) is 0 Å². The molecule has 5 nitrogen and oxygen atoms in total. The number of nitrogens with one attached hydrogen (secondary N) is 1. The number of sulfonamides is 1. The topological polar surface area (TPSA) is 62.3 Å². The zero-order valence-corrected chi connectivity index (χ0v) is 25.0. The standard InChI is InChI=1S/C34H36F3N3O2S/c1-25-7-8-28(22-38-25)24-40(43(41,42)33-19-17-31(18-20-33)34(35,36)37)23-27-11-15-30(16-12-27)29-13-9-26(10-14-29)21-39-32-5-3-2-4-6-32/h7-20,22,32,39H,2-6,21,23-24H2,1H3. The van der Waals surface area contributed by atoms with Crippen LogP contribution < -0.4 is 5.32 Å². The zero-order chi connectivity index (χ0) is 30.5. The summed E-state index contributed by atoms with van der Waals surface area (Å²) in [6.45, 7) is 2.76. The molecule has 1 N–H and O–H groups in total. The Morgan fingerprint density at radius 3 is 1.88 bits per heavy atom. The Morgan fingerprint density at radius 1 is 0.767 bits per heavy atom. The van der Waals surface area contributed by atoms with E-state index in [4.69, 9.17) is 0 Å². The number of halogens is 3. The van der Waals surface area contributed by atoms with Crippen LogP contribution in [0.5, 0.6) is 0 Å². The molecule has 1 aliphatic rings. The maximum atomic E-state index is 13.7. The van der Waals surface area contributed by atoms with E-state index in [1.165, 1.54) is 42.0 Å². The maximum absolute atomic E-state index is 13.7. The normalized spacial score (nSPS) is 14.7. The third kappa shape index (κ3) is 8.10. The fourth-order valence-corrected chi connectivity index (χ4v) is 6.79. The predicted molar refractivity (Wildman–Crippen MR) is 162 cm³/mol. The summed E-state index contributed by atoms with van der Waals surface area (Å²) in [5.41, 5.74) is 4.64. The molecule has 0 amide bonds. The van der Waals surface area contributed by atoms with Gasteiger partial charge in [-0.2, -0.15) is 17.5 Å². The van der Waals surface area contributed by atoms with Gasteiger partial charge in [-0.25, -0.2) is 8.42 Å². The molecule has 1 heterocycles. The van der Waals surface area contributed by atoms with Gasteiger partial charge in [0.1, 0.15) is 0 Å². The Kier molecular flexibility index (Phi) is 9.64. The van der Waals surface area contributed by atoms with E-state index in [0.717, 1.165) is 53.2 Å². The van der Waals surface area contributed by atoms with Gasteiger partial charge in [0.2, 0.25) is 10.0 Å². The maximum Gasteiger partial charge on any atom is 0.416 e. The number of benzene rings is 3. The lowest BCUT2D eigenvalue weighted by molar-refractivity contribution is -0.137. The molecule has 0 unspecified atom stereocenters. The molecule has 1 fully saturated rings. The average molecular weight is 608 g/mol. The van der Waals surface area contributed by atoms with Crippen molar-refractivity contribution >= 4 is 10.0 Å². The molecule has 1 aromatic heterocycles. The molecular formula is C34H36F3N3O2S. The van der Waals surface area contributed by atoms with Crippen LogP contribution in [0, 0.1) is 6.92 Å². The summed E-state index contributed by atoms with van der Waals surface area (Å²) >= 11 is 0. The molecule has 226 valence electrons. The minimum absolute atomic E-state index is 0.0226. The molecule has 4 aromatic rings. The fourth-order valence-electron chi connectivity index (χ4n) is 5.38. The van der Waals surface area contributed by atoms with Crippen molar-refractivity contribution in [1.29, 1.82) is 0 Å². The SMILES string of the molecule is Cc1ccc(CN(Cc2ccc(-c3ccc(CNC4CCCCC4)cc3)cc2)S(=O)(=O)c2ccc(C(F)(F)F)cc2)cn1. The largest absolute Gasteiger partial charge is 0.416 e. The third-order valence-corrected chi connectivity index (χ3v) is 9.76. The molecule has 0 atom stereocenters. The summed E-state index contributed by atoms with van der Waals surface area (Å²) < 4.78 is 67.9. The van der Waals surface area contributed by atoms with Crippen LogP contribution in [0.3, 0.4) is 0 Å². The van der Waals surface area contributed by atoms with Crippen molar-refractivity contribution in [2.24, 2.45) is 0 Å². The number of nitrogens with zero attached hydrogens (tertiary/aromatic N) is 2. The van der Waals surface area contributed by atoms with E-state index in [-0.39, 0.29) is 18.0 Å². The van der Waals surface area contributed by atoms with Crippen molar-refractivity contribution in [2.75, 3.05) is 0 Å². The highest BCUT2D eigenvalue weighted by Crippen LogP contribution is 2.31. The molecule has 0 saturated heterocycles. The first-order chi connectivity index (χ1) is 20.6. The van der Waals surface area contributed by atoms with Crippen LogP contribution in [-0.2, 0) is 35.8 Å². The lowest BCUT2D eigenvalue weighted by Crippen LogP contribution is -2.30. The van der Waals surface area contributed by atoms with Gasteiger partial charge >= 0.3 is 6.18 Å². The van der Waals surface area contributed by atoms with Crippen molar-refractivity contribution in [2.45, 2.75) is 75.8 Å². The highest BCUT2D eigenvalue weighted by molar-refractivity contribution is 7.89. The third-order valence-electron chi connectivity index (χ3n) is 7.95. The molecule has 0 bridgehead atoms. The second kappa shape index (κ2) is 13.4. The Labute approximate surface area is 251 Å². The molecule has 9 heteroatoms. The molecule has 5 rings (SSSR count). The van der Waals surface area contributed by atoms with Crippen molar-refractivity contribution < 1.29 is 21.6 Å². The Hall–Kier alpha value is -3.53. The monoisotopic (exact) mass is 607 g/mol. The van der Waals surface area contributed by atoms with Crippen LogP contribution in [0.25, 0.3) is 11.1 Å². The van der Waals surface area contributed by atoms with Gasteiger partial charge in [-0.1, -0.05) is 73.9 Å². The Morgan fingerprint density at radius 2 is 1.33 bits per heavy atom. The van der Waals surface area contributed by atoms with Crippen molar-refractivity contribution in [1.82, 2.24) is 14.6 Å². The van der Waals surface area contributed by atoms with E-state index < -0.39 is 21.8 Å². The smallest absolute Gasteiger partial charge is 0.310 e. The fraction of sp³-hybridized carbons (Fsp3) is 0.324. The first kappa shape index (κ1) is 30.9. The molecule has 1 aliphatic carbocycles. The molecule has 0 aliphatic heterocycles. The van der Waals surface area contributed by atoms with Gasteiger partial charge in [0, 0.05) is 37.6 Å². The van der Waals surface area contributed by atoms with Crippen molar-refractivity contribution in [3.05, 3.63) is 119 Å². The second-order valence-electron chi connectivity index (χ2n) is 11.2. The highest BCUT2D eigenvalue weighted by Gasteiger charge is 2.32. The zero-order valence-electron chi connectivity index (χ0n) is 24.1. The summed E-state index contributed by atoms with van der Waals surface area (Å²) in [7, 11) is -4.12. The Balaban J connectivity index is 1.31. The molecule has 1 saturated carbocycles. The average Bonchev–Trinajstić information content (AvgIpc) is 3.01. The van der Waals surface area contributed by atoms with Crippen molar-refractivity contribution in [3.8, 4) is 11.1 Å². The van der Waals surface area contributed by atoms with Gasteiger partial charge in [0.05, 0.1) is 10.5 Å². The molecular weight excluding hydrogens is 571 g/mol. The minimum Gasteiger partial charge on any atom is -0.310 e. The van der Waals surface area contributed by atoms with E-state index in [1.54, 1.807) is 18.3 Å².